The van der Waals surface area contributed by atoms with Crippen molar-refractivity contribution in [1.29, 1.82) is 0 Å². The summed E-state index contributed by atoms with van der Waals surface area (Å²) in [5.74, 6) is -1.42. The number of alkyl carbamates (subject to hydrolysis) is 1. The van der Waals surface area contributed by atoms with Crippen molar-refractivity contribution in [3.63, 3.8) is 0 Å². The molecule has 0 aliphatic rings. The lowest BCUT2D eigenvalue weighted by molar-refractivity contribution is -0.145. The van der Waals surface area contributed by atoms with E-state index >= 15 is 0 Å². The molecule has 0 heterocycles. The first-order valence-corrected chi connectivity index (χ1v) is 11.6. The number of rotatable bonds is 11. The molecule has 0 aromatic heterocycles. The minimum Gasteiger partial charge on any atom is -0.468 e. The summed E-state index contributed by atoms with van der Waals surface area (Å²) >= 11 is 0. The number of nitrogens with one attached hydrogen (secondary N) is 2. The van der Waals surface area contributed by atoms with E-state index in [-0.39, 0.29) is 19.0 Å². The number of amides is 3. The Balaban J connectivity index is 3.33. The Morgan fingerprint density at radius 2 is 1.68 bits per heavy atom. The summed E-state index contributed by atoms with van der Waals surface area (Å²) in [5, 5.41) is 5.25. The number of esters is 1. The van der Waals surface area contributed by atoms with Gasteiger partial charge in [0.25, 0.3) is 0 Å². The van der Waals surface area contributed by atoms with Crippen molar-refractivity contribution >= 4 is 23.9 Å². The van der Waals surface area contributed by atoms with Crippen LogP contribution in [0.15, 0.2) is 30.3 Å². The van der Waals surface area contributed by atoms with Gasteiger partial charge in [-0.2, -0.15) is 0 Å². The largest absolute Gasteiger partial charge is 0.468 e. The molecule has 9 heteroatoms. The second-order valence-corrected chi connectivity index (χ2v) is 9.47. The summed E-state index contributed by atoms with van der Waals surface area (Å²) in [4.78, 5) is 52.5. The van der Waals surface area contributed by atoms with Crippen LogP contribution in [0.2, 0.25) is 0 Å². The van der Waals surface area contributed by atoms with Gasteiger partial charge in [-0.15, -0.1) is 0 Å². The molecule has 2 atom stereocenters. The average Bonchev–Trinajstić information content (AvgIpc) is 2.75. The first kappa shape index (κ1) is 28.9. The molecule has 2 unspecified atom stereocenters. The van der Waals surface area contributed by atoms with Crippen molar-refractivity contribution in [2.75, 3.05) is 20.2 Å². The average molecular weight is 478 g/mol. The van der Waals surface area contributed by atoms with Gasteiger partial charge < -0.3 is 25.0 Å². The van der Waals surface area contributed by atoms with Crippen LogP contribution in [-0.2, 0) is 23.9 Å². The molecule has 0 aliphatic carbocycles. The van der Waals surface area contributed by atoms with Gasteiger partial charge in [0.2, 0.25) is 11.8 Å². The first-order chi connectivity index (χ1) is 15.9. The topological polar surface area (TPSA) is 114 Å². The normalized spacial score (nSPS) is 12.9. The Labute approximate surface area is 202 Å². The minimum absolute atomic E-state index is 0.0932. The molecule has 0 bridgehead atoms. The van der Waals surface area contributed by atoms with E-state index in [4.69, 9.17) is 4.74 Å². The zero-order chi connectivity index (χ0) is 25.9. The van der Waals surface area contributed by atoms with E-state index in [2.05, 4.69) is 15.4 Å². The van der Waals surface area contributed by atoms with E-state index in [0.717, 1.165) is 0 Å². The fraction of sp³-hybridized carbons (Fsp3) is 0.600. The number of ether oxygens (including phenoxy) is 2. The van der Waals surface area contributed by atoms with Gasteiger partial charge in [0.1, 0.15) is 24.2 Å². The van der Waals surface area contributed by atoms with Crippen LogP contribution < -0.4 is 10.6 Å². The molecular weight excluding hydrogens is 438 g/mol. The molecular formula is C25H39N3O6. The quantitative estimate of drug-likeness (QED) is 0.473. The number of hydrogen-bond acceptors (Lipinski definition) is 6. The third-order valence-corrected chi connectivity index (χ3v) is 4.75. The highest BCUT2D eigenvalue weighted by Crippen LogP contribution is 2.24. The summed E-state index contributed by atoms with van der Waals surface area (Å²) in [5.41, 5.74) is -0.133. The first-order valence-electron chi connectivity index (χ1n) is 11.6. The summed E-state index contributed by atoms with van der Waals surface area (Å²) < 4.78 is 9.97. The summed E-state index contributed by atoms with van der Waals surface area (Å²) in [6.45, 7) is 11.0. The molecule has 9 nitrogen and oxygen atoms in total. The molecule has 1 aromatic carbocycles. The van der Waals surface area contributed by atoms with Gasteiger partial charge in [-0.25, -0.2) is 4.79 Å². The van der Waals surface area contributed by atoms with E-state index in [1.165, 1.54) is 12.0 Å². The van der Waals surface area contributed by atoms with E-state index < -0.39 is 41.6 Å². The van der Waals surface area contributed by atoms with Crippen LogP contribution >= 0.6 is 0 Å². The van der Waals surface area contributed by atoms with E-state index in [9.17, 15) is 19.2 Å². The maximum Gasteiger partial charge on any atom is 0.408 e. The predicted molar refractivity (Wildman–Crippen MR) is 129 cm³/mol. The highest BCUT2D eigenvalue weighted by Gasteiger charge is 2.36. The van der Waals surface area contributed by atoms with E-state index in [1.807, 2.05) is 26.8 Å². The summed E-state index contributed by atoms with van der Waals surface area (Å²) in [6, 6.07) is 6.97. The van der Waals surface area contributed by atoms with Gasteiger partial charge in [-0.3, -0.25) is 14.4 Å². The number of nitrogens with zero attached hydrogens (tertiary/aromatic N) is 1. The standard InChI is InChI=1S/C25H39N3O6/c1-8-14-28(23(31)19(15-17(2)3)27-24(32)34-25(4,5)6)21(18-12-10-9-11-13-18)22(30)26-16-20(29)33-7/h9-13,17,19,21H,8,14-16H2,1-7H3,(H,26,30)(H,27,32). The molecule has 0 radical (unpaired) electrons. The Morgan fingerprint density at radius 3 is 2.18 bits per heavy atom. The van der Waals surface area contributed by atoms with Gasteiger partial charge in [0, 0.05) is 6.54 Å². The molecule has 0 spiro atoms. The van der Waals surface area contributed by atoms with Gasteiger partial charge in [0.05, 0.1) is 7.11 Å². The number of methoxy groups -OCH3 is 1. The highest BCUT2D eigenvalue weighted by molar-refractivity contribution is 5.93. The zero-order valence-corrected chi connectivity index (χ0v) is 21.3. The maximum atomic E-state index is 13.8. The summed E-state index contributed by atoms with van der Waals surface area (Å²) in [6.07, 6.45) is 0.249. The van der Waals surface area contributed by atoms with Crippen LogP contribution in [0.4, 0.5) is 4.79 Å². The molecule has 0 fully saturated rings. The van der Waals surface area contributed by atoms with Crippen molar-refractivity contribution in [2.45, 2.75) is 72.1 Å². The molecule has 3 amide bonds. The lowest BCUT2D eigenvalue weighted by Crippen LogP contribution is -2.53. The van der Waals surface area contributed by atoms with Crippen LogP contribution in [0.5, 0.6) is 0 Å². The maximum absolute atomic E-state index is 13.8. The monoisotopic (exact) mass is 477 g/mol. The molecule has 1 aromatic rings. The number of hydrogen-bond donors (Lipinski definition) is 2. The number of carbonyl (C=O) groups excluding carboxylic acids is 4. The molecule has 1 rings (SSSR count). The fourth-order valence-electron chi connectivity index (χ4n) is 3.39. The highest BCUT2D eigenvalue weighted by atomic mass is 16.6. The van der Waals surface area contributed by atoms with Gasteiger partial charge in [-0.05, 0) is 45.1 Å². The molecule has 190 valence electrons. The van der Waals surface area contributed by atoms with Gasteiger partial charge >= 0.3 is 12.1 Å². The second kappa shape index (κ2) is 13.6. The van der Waals surface area contributed by atoms with Crippen molar-refractivity contribution in [1.82, 2.24) is 15.5 Å². The van der Waals surface area contributed by atoms with E-state index in [0.29, 0.717) is 18.4 Å². The second-order valence-electron chi connectivity index (χ2n) is 9.47. The smallest absolute Gasteiger partial charge is 0.408 e. The van der Waals surface area contributed by atoms with Gasteiger partial charge in [-0.1, -0.05) is 51.1 Å². The lowest BCUT2D eigenvalue weighted by Gasteiger charge is -2.34. The molecule has 0 aliphatic heterocycles. The van der Waals surface area contributed by atoms with Crippen LogP contribution in [0, 0.1) is 5.92 Å². The zero-order valence-electron chi connectivity index (χ0n) is 21.3. The third kappa shape index (κ3) is 9.80. The van der Waals surface area contributed by atoms with E-state index in [1.54, 1.807) is 45.0 Å². The fourth-order valence-corrected chi connectivity index (χ4v) is 3.39. The molecule has 0 saturated carbocycles. The Hall–Kier alpha value is -3.10. The number of carbonyl (C=O) groups is 4. The van der Waals surface area contributed by atoms with Crippen molar-refractivity contribution in [3.05, 3.63) is 35.9 Å². The van der Waals surface area contributed by atoms with Crippen molar-refractivity contribution < 1.29 is 28.7 Å². The van der Waals surface area contributed by atoms with Gasteiger partial charge in [0.15, 0.2) is 0 Å². The Kier molecular flexibility index (Phi) is 11.5. The SMILES string of the molecule is CCCN(C(=O)C(CC(C)C)NC(=O)OC(C)(C)C)C(C(=O)NCC(=O)OC)c1ccccc1. The van der Waals surface area contributed by atoms with Crippen molar-refractivity contribution in [3.8, 4) is 0 Å². The Bertz CT molecular complexity index is 820. The lowest BCUT2D eigenvalue weighted by atomic mass is 9.99. The molecule has 0 saturated heterocycles. The Morgan fingerprint density at radius 1 is 1.06 bits per heavy atom. The predicted octanol–water partition coefficient (Wildman–Crippen LogP) is 3.19. The van der Waals surface area contributed by atoms with Crippen LogP contribution in [-0.4, -0.2) is 60.6 Å². The minimum atomic E-state index is -0.992. The molecule has 34 heavy (non-hydrogen) atoms. The van der Waals surface area contributed by atoms with Crippen molar-refractivity contribution in [2.24, 2.45) is 5.92 Å². The van der Waals surface area contributed by atoms with Crippen LogP contribution in [0.25, 0.3) is 0 Å². The number of benzene rings is 1. The summed E-state index contributed by atoms with van der Waals surface area (Å²) in [7, 11) is 1.23. The van der Waals surface area contributed by atoms with Crippen LogP contribution in [0.1, 0.15) is 66.0 Å². The third-order valence-electron chi connectivity index (χ3n) is 4.75. The van der Waals surface area contributed by atoms with Crippen LogP contribution in [0.3, 0.4) is 0 Å². The molecule has 2 N–H and O–H groups in total.